The van der Waals surface area contributed by atoms with Crippen molar-refractivity contribution < 1.29 is 18.0 Å². The molecule has 0 saturated carbocycles. The van der Waals surface area contributed by atoms with Gasteiger partial charge in [-0.25, -0.2) is 0 Å². The summed E-state index contributed by atoms with van der Waals surface area (Å²) in [7, 11) is 0. The van der Waals surface area contributed by atoms with Crippen LogP contribution in [0.2, 0.25) is 0 Å². The second kappa shape index (κ2) is 9.70. The fraction of sp³-hybridized carbons (Fsp3) is 0.632. The van der Waals surface area contributed by atoms with Crippen molar-refractivity contribution >= 4 is 5.91 Å². The smallest absolute Gasteiger partial charge is 0.366 e. The first-order valence-electron chi connectivity index (χ1n) is 8.78. The molecule has 2 N–H and O–H groups in total. The second-order valence-corrected chi connectivity index (χ2v) is 6.36. The van der Waals surface area contributed by atoms with Crippen LogP contribution in [0.15, 0.2) is 12.1 Å². The van der Waals surface area contributed by atoms with E-state index in [0.717, 1.165) is 19.3 Å². The Labute approximate surface area is 142 Å². The number of aryl methyl sites for hydroxylation is 1. The molecule has 2 nitrogen and oxygen atoms in total. The number of primary amides is 1. The van der Waals surface area contributed by atoms with Gasteiger partial charge in [0.25, 0.3) is 0 Å². The molecule has 0 unspecified atom stereocenters. The van der Waals surface area contributed by atoms with Crippen LogP contribution >= 0.6 is 0 Å². The molecular weight excluding hydrogens is 315 g/mol. The number of rotatable bonds is 10. The average Bonchev–Trinajstić information content (AvgIpc) is 2.49. The predicted octanol–water partition coefficient (Wildman–Crippen LogP) is 5.80. The molecular formula is C19H28F3NO. The number of hydrogen-bond acceptors (Lipinski definition) is 1. The normalized spacial score (nSPS) is 11.7. The number of alkyl halides is 3. The van der Waals surface area contributed by atoms with Gasteiger partial charge in [0.1, 0.15) is 0 Å². The highest BCUT2D eigenvalue weighted by atomic mass is 19.4. The van der Waals surface area contributed by atoms with Crippen LogP contribution in [-0.4, -0.2) is 5.91 Å². The molecule has 0 radical (unpaired) electrons. The summed E-state index contributed by atoms with van der Waals surface area (Å²) in [5.74, 6) is -1.04. The fourth-order valence-corrected chi connectivity index (χ4v) is 3.05. The standard InChI is InChI=1S/C19H28F3NO/c1-3-4-5-6-7-8-9-10-11-15-12-13-16(18(23)24)17(14(15)2)19(20,21)22/h12-13H,3-11H2,1-2H3,(H2,23,24). The molecule has 24 heavy (non-hydrogen) atoms. The maximum atomic E-state index is 13.2. The summed E-state index contributed by atoms with van der Waals surface area (Å²) in [5.41, 5.74) is 4.53. The minimum Gasteiger partial charge on any atom is -0.366 e. The number of carbonyl (C=O) groups excluding carboxylic acids is 1. The van der Waals surface area contributed by atoms with Crippen LogP contribution in [-0.2, 0) is 12.6 Å². The van der Waals surface area contributed by atoms with Gasteiger partial charge in [-0.2, -0.15) is 13.2 Å². The quantitative estimate of drug-likeness (QED) is 0.536. The van der Waals surface area contributed by atoms with E-state index in [1.165, 1.54) is 45.1 Å². The molecule has 1 aromatic rings. The van der Waals surface area contributed by atoms with Crippen molar-refractivity contribution in [2.24, 2.45) is 5.73 Å². The third-order valence-electron chi connectivity index (χ3n) is 4.43. The summed E-state index contributed by atoms with van der Waals surface area (Å²) in [6, 6.07) is 2.81. The largest absolute Gasteiger partial charge is 0.417 e. The van der Waals surface area contributed by atoms with Crippen LogP contribution < -0.4 is 5.73 Å². The number of carbonyl (C=O) groups is 1. The number of nitrogens with two attached hydrogens (primary N) is 1. The number of unbranched alkanes of at least 4 members (excludes halogenated alkanes) is 7. The summed E-state index contributed by atoms with van der Waals surface area (Å²) in [4.78, 5) is 11.3. The molecule has 0 heterocycles. The van der Waals surface area contributed by atoms with E-state index in [0.29, 0.717) is 12.0 Å². The highest BCUT2D eigenvalue weighted by molar-refractivity contribution is 5.95. The van der Waals surface area contributed by atoms with Gasteiger partial charge in [0.2, 0.25) is 5.91 Å². The van der Waals surface area contributed by atoms with Gasteiger partial charge in [-0.3, -0.25) is 4.79 Å². The number of halogens is 3. The van der Waals surface area contributed by atoms with E-state index in [-0.39, 0.29) is 5.56 Å². The zero-order valence-electron chi connectivity index (χ0n) is 14.6. The van der Waals surface area contributed by atoms with Crippen LogP contribution in [0.5, 0.6) is 0 Å². The minimum absolute atomic E-state index is 0.127. The lowest BCUT2D eigenvalue weighted by Gasteiger charge is -2.17. The van der Waals surface area contributed by atoms with Crippen LogP contribution in [0.4, 0.5) is 13.2 Å². The highest BCUT2D eigenvalue weighted by Gasteiger charge is 2.37. The van der Waals surface area contributed by atoms with Crippen molar-refractivity contribution in [2.75, 3.05) is 0 Å². The number of amides is 1. The summed E-state index contributed by atoms with van der Waals surface area (Å²) < 4.78 is 39.7. The van der Waals surface area contributed by atoms with Gasteiger partial charge in [0, 0.05) is 0 Å². The van der Waals surface area contributed by atoms with Crippen molar-refractivity contribution in [1.29, 1.82) is 0 Å². The molecule has 0 atom stereocenters. The molecule has 5 heteroatoms. The fourth-order valence-electron chi connectivity index (χ4n) is 3.05. The lowest BCUT2D eigenvalue weighted by molar-refractivity contribution is -0.138. The second-order valence-electron chi connectivity index (χ2n) is 6.36. The number of hydrogen-bond donors (Lipinski definition) is 1. The van der Waals surface area contributed by atoms with Crippen molar-refractivity contribution in [2.45, 2.75) is 77.8 Å². The van der Waals surface area contributed by atoms with E-state index in [2.05, 4.69) is 6.92 Å². The third-order valence-corrected chi connectivity index (χ3v) is 4.43. The Bertz CT molecular complexity index is 538. The van der Waals surface area contributed by atoms with Crippen LogP contribution in [0.3, 0.4) is 0 Å². The molecule has 1 amide bonds. The zero-order valence-corrected chi connectivity index (χ0v) is 14.6. The maximum Gasteiger partial charge on any atom is 0.417 e. The molecule has 0 spiro atoms. The van der Waals surface area contributed by atoms with Gasteiger partial charge in [0.05, 0.1) is 11.1 Å². The topological polar surface area (TPSA) is 43.1 Å². The van der Waals surface area contributed by atoms with E-state index in [9.17, 15) is 18.0 Å². The van der Waals surface area contributed by atoms with Gasteiger partial charge >= 0.3 is 6.18 Å². The predicted molar refractivity (Wildman–Crippen MR) is 91.0 cm³/mol. The molecule has 0 aliphatic carbocycles. The Kier molecular flexibility index (Phi) is 8.29. The van der Waals surface area contributed by atoms with Crippen LogP contribution in [0.25, 0.3) is 0 Å². The van der Waals surface area contributed by atoms with Crippen molar-refractivity contribution in [1.82, 2.24) is 0 Å². The molecule has 0 bridgehead atoms. The van der Waals surface area contributed by atoms with Gasteiger partial charge in [-0.05, 0) is 37.0 Å². The van der Waals surface area contributed by atoms with E-state index >= 15 is 0 Å². The first kappa shape index (κ1) is 20.5. The number of benzene rings is 1. The SMILES string of the molecule is CCCCCCCCCCc1ccc(C(N)=O)c(C(F)(F)F)c1C. The Morgan fingerprint density at radius 2 is 1.54 bits per heavy atom. The first-order chi connectivity index (χ1) is 11.3. The van der Waals surface area contributed by atoms with E-state index in [4.69, 9.17) is 5.73 Å². The first-order valence-corrected chi connectivity index (χ1v) is 8.78. The molecule has 1 rings (SSSR count). The lowest BCUT2D eigenvalue weighted by Crippen LogP contribution is -2.21. The van der Waals surface area contributed by atoms with Crippen LogP contribution in [0.1, 0.15) is 85.3 Å². The van der Waals surface area contributed by atoms with Crippen molar-refractivity contribution in [3.8, 4) is 0 Å². The molecule has 0 aliphatic rings. The molecule has 136 valence electrons. The molecule has 1 aromatic carbocycles. The van der Waals surface area contributed by atoms with Gasteiger partial charge in [0.15, 0.2) is 0 Å². The Balaban J connectivity index is 2.62. The Morgan fingerprint density at radius 1 is 1.00 bits per heavy atom. The summed E-state index contributed by atoms with van der Waals surface area (Å²) in [6.45, 7) is 3.61. The Morgan fingerprint density at radius 3 is 2.04 bits per heavy atom. The van der Waals surface area contributed by atoms with Crippen molar-refractivity contribution in [3.05, 3.63) is 34.4 Å². The van der Waals surface area contributed by atoms with E-state index in [1.807, 2.05) is 0 Å². The monoisotopic (exact) mass is 343 g/mol. The summed E-state index contributed by atoms with van der Waals surface area (Å²) in [5, 5.41) is 0. The Hall–Kier alpha value is -1.52. The summed E-state index contributed by atoms with van der Waals surface area (Å²) in [6.07, 6.45) is 5.21. The summed E-state index contributed by atoms with van der Waals surface area (Å²) >= 11 is 0. The molecule has 0 aliphatic heterocycles. The maximum absolute atomic E-state index is 13.2. The van der Waals surface area contributed by atoms with Gasteiger partial charge < -0.3 is 5.73 Å². The van der Waals surface area contributed by atoms with Gasteiger partial charge in [-0.1, -0.05) is 57.9 Å². The van der Waals surface area contributed by atoms with E-state index in [1.54, 1.807) is 6.07 Å². The highest BCUT2D eigenvalue weighted by Crippen LogP contribution is 2.36. The molecule has 0 saturated heterocycles. The lowest BCUT2D eigenvalue weighted by atomic mass is 9.93. The van der Waals surface area contributed by atoms with Gasteiger partial charge in [-0.15, -0.1) is 0 Å². The van der Waals surface area contributed by atoms with Crippen molar-refractivity contribution in [3.63, 3.8) is 0 Å². The zero-order chi connectivity index (χ0) is 18.2. The minimum atomic E-state index is -4.57. The third kappa shape index (κ3) is 6.17. The molecule has 0 aromatic heterocycles. The average molecular weight is 343 g/mol. The van der Waals surface area contributed by atoms with E-state index < -0.39 is 23.2 Å². The molecule has 0 fully saturated rings. The van der Waals surface area contributed by atoms with Crippen LogP contribution in [0, 0.1) is 6.92 Å².